The number of benzene rings is 2. The Morgan fingerprint density at radius 3 is 2.65 bits per heavy atom. The van der Waals surface area contributed by atoms with E-state index in [0.29, 0.717) is 0 Å². The van der Waals surface area contributed by atoms with Crippen molar-refractivity contribution in [3.05, 3.63) is 82.9 Å². The highest BCUT2D eigenvalue weighted by Crippen LogP contribution is 2.26. The van der Waals surface area contributed by atoms with Crippen LogP contribution in [0.1, 0.15) is 11.4 Å². The third-order valence-corrected chi connectivity index (χ3v) is 5.06. The number of rotatable bonds is 5. The number of halogens is 1. The SMILES string of the molecule is CN(Cc1ncc(-c2ccccc2)[nH]1)Cc1ccc(Br)c2cccnc12. The van der Waals surface area contributed by atoms with E-state index in [1.165, 1.54) is 5.56 Å². The Kier molecular flexibility index (Phi) is 4.82. The van der Waals surface area contributed by atoms with E-state index < -0.39 is 0 Å². The van der Waals surface area contributed by atoms with Crippen LogP contribution in [0.4, 0.5) is 0 Å². The van der Waals surface area contributed by atoms with Crippen LogP contribution in [-0.2, 0) is 13.1 Å². The van der Waals surface area contributed by atoms with Crippen molar-refractivity contribution in [3.63, 3.8) is 0 Å². The summed E-state index contributed by atoms with van der Waals surface area (Å²) in [6, 6.07) is 18.5. The highest BCUT2D eigenvalue weighted by atomic mass is 79.9. The second-order valence-corrected chi connectivity index (χ2v) is 7.24. The lowest BCUT2D eigenvalue weighted by Gasteiger charge is -2.16. The number of hydrogen-bond acceptors (Lipinski definition) is 3. The summed E-state index contributed by atoms with van der Waals surface area (Å²) < 4.78 is 1.07. The minimum atomic E-state index is 0.747. The van der Waals surface area contributed by atoms with Gasteiger partial charge in [0.15, 0.2) is 0 Å². The molecular formula is C21H19BrN4. The van der Waals surface area contributed by atoms with Crippen LogP contribution in [0.15, 0.2) is 71.5 Å². The summed E-state index contributed by atoms with van der Waals surface area (Å²) in [4.78, 5) is 14.8. The van der Waals surface area contributed by atoms with Gasteiger partial charge in [-0.2, -0.15) is 0 Å². The third kappa shape index (κ3) is 3.54. The Labute approximate surface area is 161 Å². The summed E-state index contributed by atoms with van der Waals surface area (Å²) in [5.41, 5.74) is 4.45. The quantitative estimate of drug-likeness (QED) is 0.505. The number of nitrogens with zero attached hydrogens (tertiary/aromatic N) is 3. The van der Waals surface area contributed by atoms with E-state index in [1.807, 2.05) is 36.7 Å². The van der Waals surface area contributed by atoms with E-state index in [0.717, 1.165) is 45.5 Å². The van der Waals surface area contributed by atoms with Crippen LogP contribution in [0.25, 0.3) is 22.2 Å². The normalized spacial score (nSPS) is 11.3. The van der Waals surface area contributed by atoms with Crippen molar-refractivity contribution in [2.24, 2.45) is 0 Å². The largest absolute Gasteiger partial charge is 0.341 e. The van der Waals surface area contributed by atoms with E-state index in [1.54, 1.807) is 0 Å². The van der Waals surface area contributed by atoms with Gasteiger partial charge in [0.05, 0.1) is 24.0 Å². The third-order valence-electron chi connectivity index (χ3n) is 4.37. The standard InChI is InChI=1S/C21H19BrN4/c1-26(13-16-9-10-18(22)17-8-5-11-23-21(16)17)14-20-24-12-19(25-20)15-6-3-2-4-7-15/h2-12H,13-14H2,1H3,(H,24,25). The fourth-order valence-electron chi connectivity index (χ4n) is 3.13. The molecule has 2 heterocycles. The number of aromatic nitrogens is 3. The monoisotopic (exact) mass is 406 g/mol. The molecule has 26 heavy (non-hydrogen) atoms. The van der Waals surface area contributed by atoms with Crippen LogP contribution in [0, 0.1) is 0 Å². The predicted octanol–water partition coefficient (Wildman–Crippen LogP) is 5.02. The van der Waals surface area contributed by atoms with Crippen molar-refractivity contribution < 1.29 is 0 Å². The average molecular weight is 407 g/mol. The van der Waals surface area contributed by atoms with Gasteiger partial charge in [-0.15, -0.1) is 0 Å². The molecule has 130 valence electrons. The predicted molar refractivity (Wildman–Crippen MR) is 109 cm³/mol. The van der Waals surface area contributed by atoms with Gasteiger partial charge in [0.1, 0.15) is 5.82 Å². The fraction of sp³-hybridized carbons (Fsp3) is 0.143. The maximum atomic E-state index is 4.57. The molecule has 0 aliphatic carbocycles. The zero-order chi connectivity index (χ0) is 17.9. The first-order chi connectivity index (χ1) is 12.7. The number of hydrogen-bond donors (Lipinski definition) is 1. The van der Waals surface area contributed by atoms with Crippen molar-refractivity contribution in [1.82, 2.24) is 19.9 Å². The van der Waals surface area contributed by atoms with Gasteiger partial charge < -0.3 is 4.98 Å². The van der Waals surface area contributed by atoms with E-state index in [2.05, 4.69) is 73.2 Å². The van der Waals surface area contributed by atoms with Crippen LogP contribution in [0.2, 0.25) is 0 Å². The lowest BCUT2D eigenvalue weighted by molar-refractivity contribution is 0.312. The van der Waals surface area contributed by atoms with Crippen LogP contribution in [-0.4, -0.2) is 26.9 Å². The first-order valence-corrected chi connectivity index (χ1v) is 9.30. The molecule has 4 rings (SSSR count). The lowest BCUT2D eigenvalue weighted by atomic mass is 10.1. The Morgan fingerprint density at radius 1 is 0.962 bits per heavy atom. The summed E-state index contributed by atoms with van der Waals surface area (Å²) in [6.45, 7) is 1.55. The number of imidazole rings is 1. The minimum absolute atomic E-state index is 0.747. The molecule has 0 saturated heterocycles. The Morgan fingerprint density at radius 2 is 1.81 bits per heavy atom. The fourth-order valence-corrected chi connectivity index (χ4v) is 3.59. The molecule has 0 aliphatic rings. The summed E-state index contributed by atoms with van der Waals surface area (Å²) in [5, 5.41) is 1.14. The number of nitrogens with one attached hydrogen (secondary N) is 1. The molecule has 0 spiro atoms. The van der Waals surface area contributed by atoms with Crippen molar-refractivity contribution in [2.75, 3.05) is 7.05 Å². The number of H-pyrrole nitrogens is 1. The highest BCUT2D eigenvalue weighted by molar-refractivity contribution is 9.10. The molecule has 0 fully saturated rings. The van der Waals surface area contributed by atoms with Crippen molar-refractivity contribution in [3.8, 4) is 11.3 Å². The zero-order valence-electron chi connectivity index (χ0n) is 14.5. The lowest BCUT2D eigenvalue weighted by Crippen LogP contribution is -2.18. The highest BCUT2D eigenvalue weighted by Gasteiger charge is 2.10. The molecule has 0 bridgehead atoms. The van der Waals surface area contributed by atoms with Crippen LogP contribution in [0.3, 0.4) is 0 Å². The molecule has 0 unspecified atom stereocenters. The molecule has 5 heteroatoms. The minimum Gasteiger partial charge on any atom is -0.341 e. The summed E-state index contributed by atoms with van der Waals surface area (Å²) in [7, 11) is 2.10. The van der Waals surface area contributed by atoms with Gasteiger partial charge in [-0.05, 0) is 30.3 Å². The molecular weight excluding hydrogens is 388 g/mol. The second kappa shape index (κ2) is 7.40. The molecule has 1 N–H and O–H groups in total. The molecule has 2 aromatic heterocycles. The van der Waals surface area contributed by atoms with Crippen molar-refractivity contribution in [1.29, 1.82) is 0 Å². The summed E-state index contributed by atoms with van der Waals surface area (Å²) in [5.74, 6) is 0.959. The van der Waals surface area contributed by atoms with Gasteiger partial charge in [0, 0.05) is 22.6 Å². The Bertz CT molecular complexity index is 1030. The van der Waals surface area contributed by atoms with Gasteiger partial charge in [-0.1, -0.05) is 58.4 Å². The number of aromatic amines is 1. The van der Waals surface area contributed by atoms with Gasteiger partial charge in [0.2, 0.25) is 0 Å². The molecule has 4 aromatic rings. The smallest absolute Gasteiger partial charge is 0.120 e. The first-order valence-electron chi connectivity index (χ1n) is 8.50. The summed E-state index contributed by atoms with van der Waals surface area (Å²) in [6.07, 6.45) is 3.74. The van der Waals surface area contributed by atoms with Crippen LogP contribution in [0.5, 0.6) is 0 Å². The van der Waals surface area contributed by atoms with E-state index in [9.17, 15) is 0 Å². The summed E-state index contributed by atoms with van der Waals surface area (Å²) >= 11 is 3.61. The second-order valence-electron chi connectivity index (χ2n) is 6.39. The Balaban J connectivity index is 1.51. The topological polar surface area (TPSA) is 44.8 Å². The van der Waals surface area contributed by atoms with Crippen molar-refractivity contribution in [2.45, 2.75) is 13.1 Å². The van der Waals surface area contributed by atoms with E-state index in [-0.39, 0.29) is 0 Å². The molecule has 0 aliphatic heterocycles. The molecule has 2 aromatic carbocycles. The first kappa shape index (κ1) is 16.9. The molecule has 0 amide bonds. The molecule has 4 nitrogen and oxygen atoms in total. The number of pyridine rings is 1. The molecule has 0 saturated carbocycles. The van der Waals surface area contributed by atoms with Gasteiger partial charge in [-0.25, -0.2) is 4.98 Å². The Hall–Kier alpha value is -2.50. The maximum Gasteiger partial charge on any atom is 0.120 e. The maximum absolute atomic E-state index is 4.57. The van der Waals surface area contributed by atoms with Gasteiger partial charge in [-0.3, -0.25) is 9.88 Å². The molecule has 0 atom stereocenters. The van der Waals surface area contributed by atoms with E-state index in [4.69, 9.17) is 0 Å². The number of fused-ring (bicyclic) bond motifs is 1. The van der Waals surface area contributed by atoms with Crippen LogP contribution >= 0.6 is 15.9 Å². The van der Waals surface area contributed by atoms with Gasteiger partial charge >= 0.3 is 0 Å². The van der Waals surface area contributed by atoms with E-state index >= 15 is 0 Å². The van der Waals surface area contributed by atoms with Crippen LogP contribution < -0.4 is 0 Å². The average Bonchev–Trinajstić information content (AvgIpc) is 3.13. The van der Waals surface area contributed by atoms with Gasteiger partial charge in [0.25, 0.3) is 0 Å². The molecule has 0 radical (unpaired) electrons. The van der Waals surface area contributed by atoms with Crippen molar-refractivity contribution >= 4 is 26.8 Å². The zero-order valence-corrected chi connectivity index (χ0v) is 16.1.